The highest BCUT2D eigenvalue weighted by molar-refractivity contribution is 6.16. The largest absolute Gasteiger partial charge is 0.309 e. The monoisotopic (exact) mass is 549 g/mol. The normalized spacial score (nSPS) is 13.5. The molecule has 0 atom stereocenters. The summed E-state index contributed by atoms with van der Waals surface area (Å²) in [7, 11) is 0. The molecule has 0 fully saturated rings. The Labute approximate surface area is 249 Å². The van der Waals surface area contributed by atoms with E-state index in [-0.39, 0.29) is 5.41 Å². The fourth-order valence-electron chi connectivity index (χ4n) is 7.60. The van der Waals surface area contributed by atoms with Gasteiger partial charge >= 0.3 is 0 Å². The number of nitriles is 1. The second-order valence-electron chi connectivity index (χ2n) is 12.1. The van der Waals surface area contributed by atoms with Crippen LogP contribution in [-0.4, -0.2) is 9.13 Å². The third kappa shape index (κ3) is 3.13. The molecule has 0 saturated heterocycles. The van der Waals surface area contributed by atoms with Crippen LogP contribution in [-0.2, 0) is 5.41 Å². The lowest BCUT2D eigenvalue weighted by molar-refractivity contribution is 0.661. The Morgan fingerprint density at radius 3 is 1.98 bits per heavy atom. The van der Waals surface area contributed by atoms with E-state index in [1.165, 1.54) is 44.1 Å². The first kappa shape index (κ1) is 24.1. The first-order chi connectivity index (χ1) is 21.1. The zero-order valence-electron chi connectivity index (χ0n) is 24.0. The van der Waals surface area contributed by atoms with Crippen LogP contribution in [0.25, 0.3) is 66.1 Å². The highest BCUT2D eigenvalue weighted by Crippen LogP contribution is 2.52. The Morgan fingerprint density at radius 2 is 1.19 bits per heavy atom. The lowest BCUT2D eigenvalue weighted by Gasteiger charge is -2.21. The molecule has 202 valence electrons. The zero-order valence-corrected chi connectivity index (χ0v) is 24.0. The predicted octanol–water partition coefficient (Wildman–Crippen LogP) is 10.1. The van der Waals surface area contributed by atoms with E-state index in [0.29, 0.717) is 5.56 Å². The van der Waals surface area contributed by atoms with E-state index in [2.05, 4.69) is 144 Å². The van der Waals surface area contributed by atoms with Crippen molar-refractivity contribution in [2.75, 3.05) is 0 Å². The van der Waals surface area contributed by atoms with Gasteiger partial charge in [-0.2, -0.15) is 5.26 Å². The van der Waals surface area contributed by atoms with Crippen molar-refractivity contribution in [2.45, 2.75) is 19.3 Å². The van der Waals surface area contributed by atoms with Crippen molar-refractivity contribution in [3.63, 3.8) is 0 Å². The summed E-state index contributed by atoms with van der Waals surface area (Å²) in [6.45, 7) is 4.69. The van der Waals surface area contributed by atoms with Crippen molar-refractivity contribution in [3.05, 3.63) is 144 Å². The Bertz CT molecular complexity index is 2500. The summed E-state index contributed by atoms with van der Waals surface area (Å²) >= 11 is 0. The van der Waals surface area contributed by atoms with Crippen LogP contribution in [0.5, 0.6) is 0 Å². The molecule has 0 amide bonds. The number of nitrogens with zero attached hydrogens (tertiary/aromatic N) is 3. The lowest BCUT2D eigenvalue weighted by atomic mass is 9.82. The van der Waals surface area contributed by atoms with Crippen LogP contribution in [0.3, 0.4) is 0 Å². The Hall–Kier alpha value is -5.59. The van der Waals surface area contributed by atoms with Crippen LogP contribution in [0.4, 0.5) is 0 Å². The smallest absolute Gasteiger partial charge is 0.0991 e. The van der Waals surface area contributed by atoms with E-state index in [4.69, 9.17) is 0 Å². The molecule has 8 aromatic rings. The Kier molecular flexibility index (Phi) is 4.74. The molecule has 3 heteroatoms. The SMILES string of the molecule is CC1(C)c2ccccc2-c2c1ccc1c3ccccc3n(-c3cccc(-n4c5ccccc5c5cc(C#N)ccc54)c3)c21. The summed E-state index contributed by atoms with van der Waals surface area (Å²) in [5.41, 5.74) is 12.9. The van der Waals surface area contributed by atoms with E-state index in [0.717, 1.165) is 33.2 Å². The number of para-hydroxylation sites is 2. The summed E-state index contributed by atoms with van der Waals surface area (Å²) in [6, 6.07) is 48.0. The maximum atomic E-state index is 9.61. The third-order valence-corrected chi connectivity index (χ3v) is 9.53. The molecule has 2 heterocycles. The van der Waals surface area contributed by atoms with Gasteiger partial charge in [0.25, 0.3) is 0 Å². The summed E-state index contributed by atoms with van der Waals surface area (Å²) < 4.78 is 4.79. The van der Waals surface area contributed by atoms with Gasteiger partial charge in [0.15, 0.2) is 0 Å². The van der Waals surface area contributed by atoms with Gasteiger partial charge in [0.05, 0.1) is 33.7 Å². The molecule has 0 radical (unpaired) electrons. The van der Waals surface area contributed by atoms with Crippen LogP contribution in [0.1, 0.15) is 30.5 Å². The van der Waals surface area contributed by atoms with Gasteiger partial charge in [0.2, 0.25) is 0 Å². The minimum absolute atomic E-state index is 0.0749. The molecule has 43 heavy (non-hydrogen) atoms. The van der Waals surface area contributed by atoms with E-state index < -0.39 is 0 Å². The molecule has 0 aliphatic heterocycles. The van der Waals surface area contributed by atoms with E-state index in [1.54, 1.807) is 0 Å². The lowest BCUT2D eigenvalue weighted by Crippen LogP contribution is -2.14. The van der Waals surface area contributed by atoms with E-state index in [9.17, 15) is 5.26 Å². The Morgan fingerprint density at radius 1 is 0.535 bits per heavy atom. The van der Waals surface area contributed by atoms with Gasteiger partial charge in [0.1, 0.15) is 0 Å². The minimum atomic E-state index is -0.0749. The van der Waals surface area contributed by atoms with Crippen molar-refractivity contribution < 1.29 is 0 Å². The molecule has 2 aromatic heterocycles. The van der Waals surface area contributed by atoms with Crippen LogP contribution in [0.15, 0.2) is 127 Å². The average molecular weight is 550 g/mol. The molecule has 6 aromatic carbocycles. The molecule has 0 bridgehead atoms. The quantitative estimate of drug-likeness (QED) is 0.211. The molecule has 0 unspecified atom stereocenters. The number of fused-ring (bicyclic) bond motifs is 10. The molecule has 9 rings (SSSR count). The average Bonchev–Trinajstić information content (AvgIpc) is 3.64. The maximum Gasteiger partial charge on any atom is 0.0991 e. The van der Waals surface area contributed by atoms with Crippen molar-refractivity contribution in [2.24, 2.45) is 0 Å². The first-order valence-electron chi connectivity index (χ1n) is 14.8. The van der Waals surface area contributed by atoms with Gasteiger partial charge in [-0.15, -0.1) is 0 Å². The highest BCUT2D eigenvalue weighted by atomic mass is 15.0. The van der Waals surface area contributed by atoms with Gasteiger partial charge in [-0.1, -0.05) is 92.7 Å². The first-order valence-corrected chi connectivity index (χ1v) is 14.8. The van der Waals surface area contributed by atoms with Gasteiger partial charge < -0.3 is 9.13 Å². The van der Waals surface area contributed by atoms with Gasteiger partial charge in [-0.25, -0.2) is 0 Å². The van der Waals surface area contributed by atoms with Crippen LogP contribution in [0, 0.1) is 11.3 Å². The van der Waals surface area contributed by atoms with Crippen LogP contribution >= 0.6 is 0 Å². The molecule has 1 aliphatic rings. The van der Waals surface area contributed by atoms with E-state index >= 15 is 0 Å². The number of hydrogen-bond acceptors (Lipinski definition) is 1. The molecule has 0 N–H and O–H groups in total. The number of benzene rings is 6. The van der Waals surface area contributed by atoms with Crippen molar-refractivity contribution in [1.82, 2.24) is 9.13 Å². The topological polar surface area (TPSA) is 33.6 Å². The maximum absolute atomic E-state index is 9.61. The Balaban J connectivity index is 1.38. The van der Waals surface area contributed by atoms with Crippen molar-refractivity contribution in [1.29, 1.82) is 5.26 Å². The van der Waals surface area contributed by atoms with Crippen LogP contribution < -0.4 is 0 Å². The molecule has 0 spiro atoms. The fourth-order valence-corrected chi connectivity index (χ4v) is 7.60. The zero-order chi connectivity index (χ0) is 28.9. The third-order valence-electron chi connectivity index (χ3n) is 9.53. The summed E-state index contributed by atoms with van der Waals surface area (Å²) in [5, 5.41) is 14.4. The molecule has 3 nitrogen and oxygen atoms in total. The fraction of sp³-hybridized carbons (Fsp3) is 0.0750. The summed E-state index contributed by atoms with van der Waals surface area (Å²) in [5.74, 6) is 0. The molecule has 0 saturated carbocycles. The molecular weight excluding hydrogens is 522 g/mol. The standard InChI is InChI=1S/C40H27N3/c1-40(2)33-15-6-3-14-31(33)38-34(40)20-19-30-28-12-4-8-17-36(28)43(39(30)38)27-11-9-10-26(23-27)42-35-16-7-5-13-29(35)32-22-25(24-41)18-21-37(32)42/h3-23H,1-2H3. The second kappa shape index (κ2) is 8.47. The number of hydrogen-bond donors (Lipinski definition) is 0. The number of rotatable bonds is 2. The summed E-state index contributed by atoms with van der Waals surface area (Å²) in [6.07, 6.45) is 0. The second-order valence-corrected chi connectivity index (χ2v) is 12.1. The van der Waals surface area contributed by atoms with Crippen molar-refractivity contribution in [3.8, 4) is 28.6 Å². The molecular formula is C40H27N3. The van der Waals surface area contributed by atoms with Crippen molar-refractivity contribution >= 4 is 43.6 Å². The minimum Gasteiger partial charge on any atom is -0.309 e. The van der Waals surface area contributed by atoms with Gasteiger partial charge in [-0.3, -0.25) is 0 Å². The highest BCUT2D eigenvalue weighted by Gasteiger charge is 2.37. The van der Waals surface area contributed by atoms with Crippen LogP contribution in [0.2, 0.25) is 0 Å². The summed E-state index contributed by atoms with van der Waals surface area (Å²) in [4.78, 5) is 0. The predicted molar refractivity (Wildman–Crippen MR) is 177 cm³/mol. The van der Waals surface area contributed by atoms with Gasteiger partial charge in [-0.05, 0) is 65.2 Å². The number of aromatic nitrogens is 2. The van der Waals surface area contributed by atoms with E-state index in [1.807, 2.05) is 12.1 Å². The van der Waals surface area contributed by atoms with Gasteiger partial charge in [0, 0.05) is 43.9 Å². The molecule has 1 aliphatic carbocycles.